The summed E-state index contributed by atoms with van der Waals surface area (Å²) in [5.41, 5.74) is 0.591. The molecule has 0 aliphatic rings. The topological polar surface area (TPSA) is 58.6 Å². The molecule has 128 valence electrons. The summed E-state index contributed by atoms with van der Waals surface area (Å²) >= 11 is 0. The highest BCUT2D eigenvalue weighted by Gasteiger charge is 2.12. The summed E-state index contributed by atoms with van der Waals surface area (Å²) in [5.74, 6) is -0.465. The quantitative estimate of drug-likeness (QED) is 0.745. The van der Waals surface area contributed by atoms with Crippen molar-refractivity contribution in [3.8, 4) is 5.75 Å². The average molecular weight is 324 g/mol. The van der Waals surface area contributed by atoms with Crippen LogP contribution in [0.15, 0.2) is 18.2 Å². The lowest BCUT2D eigenvalue weighted by Crippen LogP contribution is -2.37. The number of amides is 2. The number of halogens is 1. The number of ether oxygens (including phenoxy) is 1. The van der Waals surface area contributed by atoms with Gasteiger partial charge in [0, 0.05) is 26.1 Å². The maximum Gasteiger partial charge on any atom is 0.224 e. The van der Waals surface area contributed by atoms with Crippen LogP contribution in [0.3, 0.4) is 0 Å². The molecule has 0 aliphatic heterocycles. The molecule has 1 aromatic rings. The lowest BCUT2D eigenvalue weighted by atomic mass is 10.1. The van der Waals surface area contributed by atoms with Gasteiger partial charge in [-0.3, -0.25) is 9.59 Å². The Morgan fingerprint density at radius 2 is 2.04 bits per heavy atom. The first kappa shape index (κ1) is 18.9. The molecule has 1 aromatic carbocycles. The first-order chi connectivity index (χ1) is 10.8. The standard InChI is InChI=1S/C17H25FN2O3/c1-12(2)20(13(3)21)9-5-8-19-17(22)11-14-6-7-16(23-4)15(18)10-14/h6-7,10,12H,5,8-9,11H2,1-4H3,(H,19,22). The normalized spacial score (nSPS) is 10.5. The Kier molecular flexibility index (Phi) is 7.51. The number of hydrogen-bond donors (Lipinski definition) is 1. The van der Waals surface area contributed by atoms with E-state index in [4.69, 9.17) is 4.74 Å². The molecule has 0 heterocycles. The molecule has 6 heteroatoms. The molecule has 23 heavy (non-hydrogen) atoms. The smallest absolute Gasteiger partial charge is 0.224 e. The lowest BCUT2D eigenvalue weighted by molar-refractivity contribution is -0.130. The van der Waals surface area contributed by atoms with Gasteiger partial charge in [0.25, 0.3) is 0 Å². The van der Waals surface area contributed by atoms with Crippen molar-refractivity contribution in [1.82, 2.24) is 10.2 Å². The monoisotopic (exact) mass is 324 g/mol. The van der Waals surface area contributed by atoms with Gasteiger partial charge in [0.2, 0.25) is 11.8 Å². The van der Waals surface area contributed by atoms with Crippen LogP contribution in [0.5, 0.6) is 5.75 Å². The summed E-state index contributed by atoms with van der Waals surface area (Å²) in [6.07, 6.45) is 0.794. The van der Waals surface area contributed by atoms with E-state index in [0.717, 1.165) is 0 Å². The van der Waals surface area contributed by atoms with Gasteiger partial charge in [0.05, 0.1) is 13.5 Å². The van der Waals surface area contributed by atoms with Crippen LogP contribution >= 0.6 is 0 Å². The highest BCUT2D eigenvalue weighted by atomic mass is 19.1. The van der Waals surface area contributed by atoms with Gasteiger partial charge in [-0.1, -0.05) is 6.07 Å². The second-order valence-electron chi connectivity index (χ2n) is 5.66. The number of rotatable bonds is 8. The fourth-order valence-corrected chi connectivity index (χ4v) is 2.32. The molecule has 0 aromatic heterocycles. The van der Waals surface area contributed by atoms with E-state index in [-0.39, 0.29) is 30.0 Å². The van der Waals surface area contributed by atoms with Crippen LogP contribution in [-0.4, -0.2) is 43.0 Å². The molecule has 1 N–H and O–H groups in total. The van der Waals surface area contributed by atoms with Gasteiger partial charge in [-0.2, -0.15) is 0 Å². The van der Waals surface area contributed by atoms with E-state index in [1.54, 1.807) is 11.0 Å². The zero-order valence-corrected chi connectivity index (χ0v) is 14.2. The summed E-state index contributed by atoms with van der Waals surface area (Å²) in [5, 5.41) is 2.78. The maximum absolute atomic E-state index is 13.6. The molecule has 0 atom stereocenters. The largest absolute Gasteiger partial charge is 0.494 e. The van der Waals surface area contributed by atoms with Gasteiger partial charge in [-0.15, -0.1) is 0 Å². The fourth-order valence-electron chi connectivity index (χ4n) is 2.32. The summed E-state index contributed by atoms with van der Waals surface area (Å²) < 4.78 is 18.4. The Morgan fingerprint density at radius 1 is 1.35 bits per heavy atom. The minimum Gasteiger partial charge on any atom is -0.494 e. The SMILES string of the molecule is COc1ccc(CC(=O)NCCCN(C(C)=O)C(C)C)cc1F. The zero-order valence-electron chi connectivity index (χ0n) is 14.2. The molecule has 0 spiro atoms. The van der Waals surface area contributed by atoms with Crippen LogP contribution in [-0.2, 0) is 16.0 Å². The van der Waals surface area contributed by atoms with Crippen molar-refractivity contribution in [2.75, 3.05) is 20.2 Å². The van der Waals surface area contributed by atoms with E-state index in [1.165, 1.54) is 26.2 Å². The molecule has 0 aliphatic carbocycles. The molecule has 2 amide bonds. The molecule has 0 radical (unpaired) electrons. The van der Waals surface area contributed by atoms with Crippen LogP contribution in [0.2, 0.25) is 0 Å². The number of benzene rings is 1. The van der Waals surface area contributed by atoms with Crippen LogP contribution in [0, 0.1) is 5.82 Å². The molecule has 0 saturated heterocycles. The molecule has 0 fully saturated rings. The Morgan fingerprint density at radius 3 is 2.57 bits per heavy atom. The average Bonchev–Trinajstić information content (AvgIpc) is 2.46. The molecular formula is C17H25FN2O3. The minimum atomic E-state index is -0.480. The van der Waals surface area contributed by atoms with Crippen molar-refractivity contribution in [3.05, 3.63) is 29.6 Å². The predicted octanol–water partition coefficient (Wildman–Crippen LogP) is 2.14. The molecule has 0 bridgehead atoms. The second kappa shape index (κ2) is 9.12. The Bertz CT molecular complexity index is 547. The van der Waals surface area contributed by atoms with Crippen molar-refractivity contribution in [3.63, 3.8) is 0 Å². The highest BCUT2D eigenvalue weighted by molar-refractivity contribution is 5.78. The number of carbonyl (C=O) groups excluding carboxylic acids is 2. The van der Waals surface area contributed by atoms with E-state index in [9.17, 15) is 14.0 Å². The van der Waals surface area contributed by atoms with E-state index in [2.05, 4.69) is 5.32 Å². The van der Waals surface area contributed by atoms with Gasteiger partial charge < -0.3 is 15.0 Å². The third kappa shape index (κ3) is 6.26. The van der Waals surface area contributed by atoms with Gasteiger partial charge in [-0.05, 0) is 38.0 Å². The van der Waals surface area contributed by atoms with Crippen molar-refractivity contribution < 1.29 is 18.7 Å². The third-order valence-corrected chi connectivity index (χ3v) is 3.51. The van der Waals surface area contributed by atoms with Crippen molar-refractivity contribution >= 4 is 11.8 Å². The fraction of sp³-hybridized carbons (Fsp3) is 0.529. The van der Waals surface area contributed by atoms with Gasteiger partial charge in [0.15, 0.2) is 11.6 Å². The Labute approximate surface area is 136 Å². The summed E-state index contributed by atoms with van der Waals surface area (Å²) in [7, 11) is 1.40. The first-order valence-corrected chi connectivity index (χ1v) is 7.71. The number of methoxy groups -OCH3 is 1. The van der Waals surface area contributed by atoms with Crippen LogP contribution in [0.4, 0.5) is 4.39 Å². The van der Waals surface area contributed by atoms with Gasteiger partial charge in [-0.25, -0.2) is 4.39 Å². The van der Waals surface area contributed by atoms with E-state index in [1.807, 2.05) is 13.8 Å². The van der Waals surface area contributed by atoms with E-state index < -0.39 is 5.82 Å². The Hall–Kier alpha value is -2.11. The Balaban J connectivity index is 2.37. The first-order valence-electron chi connectivity index (χ1n) is 7.71. The van der Waals surface area contributed by atoms with Crippen LogP contribution in [0.1, 0.15) is 32.8 Å². The van der Waals surface area contributed by atoms with E-state index in [0.29, 0.717) is 25.1 Å². The lowest BCUT2D eigenvalue weighted by Gasteiger charge is -2.25. The van der Waals surface area contributed by atoms with Gasteiger partial charge >= 0.3 is 0 Å². The highest BCUT2D eigenvalue weighted by Crippen LogP contribution is 2.17. The number of hydrogen-bond acceptors (Lipinski definition) is 3. The van der Waals surface area contributed by atoms with Crippen molar-refractivity contribution in [2.24, 2.45) is 0 Å². The summed E-state index contributed by atoms with van der Waals surface area (Å²) in [6.45, 7) is 6.53. The van der Waals surface area contributed by atoms with Gasteiger partial charge in [0.1, 0.15) is 0 Å². The summed E-state index contributed by atoms with van der Waals surface area (Å²) in [6, 6.07) is 4.61. The molecule has 5 nitrogen and oxygen atoms in total. The molecular weight excluding hydrogens is 299 g/mol. The summed E-state index contributed by atoms with van der Waals surface area (Å²) in [4.78, 5) is 25.0. The van der Waals surface area contributed by atoms with E-state index >= 15 is 0 Å². The number of nitrogens with zero attached hydrogens (tertiary/aromatic N) is 1. The molecule has 1 rings (SSSR count). The minimum absolute atomic E-state index is 0.0278. The van der Waals surface area contributed by atoms with Crippen LogP contribution < -0.4 is 10.1 Å². The number of nitrogens with one attached hydrogen (secondary N) is 1. The molecule has 0 unspecified atom stereocenters. The van der Waals surface area contributed by atoms with Crippen LogP contribution in [0.25, 0.3) is 0 Å². The maximum atomic E-state index is 13.6. The van der Waals surface area contributed by atoms with Crippen molar-refractivity contribution in [1.29, 1.82) is 0 Å². The molecule has 0 saturated carbocycles. The number of carbonyl (C=O) groups is 2. The zero-order chi connectivity index (χ0) is 17.4. The van der Waals surface area contributed by atoms with Crippen molar-refractivity contribution in [2.45, 2.75) is 39.7 Å². The second-order valence-corrected chi connectivity index (χ2v) is 5.66. The predicted molar refractivity (Wildman–Crippen MR) is 86.8 cm³/mol. The third-order valence-electron chi connectivity index (χ3n) is 3.51.